The van der Waals surface area contributed by atoms with Crippen LogP contribution in [-0.4, -0.2) is 74.4 Å². The first-order valence-corrected chi connectivity index (χ1v) is 17.2. The molecule has 52 heavy (non-hydrogen) atoms. The van der Waals surface area contributed by atoms with Gasteiger partial charge in [-0.05, 0) is 98.8 Å². The predicted molar refractivity (Wildman–Crippen MR) is 195 cm³/mol. The van der Waals surface area contributed by atoms with Gasteiger partial charge >= 0.3 is 5.97 Å². The van der Waals surface area contributed by atoms with Crippen LogP contribution in [0.15, 0.2) is 84.9 Å². The van der Waals surface area contributed by atoms with Gasteiger partial charge in [0, 0.05) is 24.3 Å². The molecule has 11 nitrogen and oxygen atoms in total. The van der Waals surface area contributed by atoms with Gasteiger partial charge in [0.05, 0.1) is 39.4 Å². The first-order chi connectivity index (χ1) is 25.0. The third kappa shape index (κ3) is 6.58. The molecule has 6 rings (SSSR count). The molecule has 0 aromatic heterocycles. The number of benzene rings is 4. The standard InChI is InChI=1S/C41H44N2O9/c1-7-51-39(47)40(2,3)52-32-18-14-30(15-19-32)43-36(28-10-8-26(9-11-28)27-12-16-31(44)17-13-27)41(38(43)46)20-22-42(23-21-41)37(45)29-24-33(48-4)35(50-6)34(25-29)49-5/h8-19,24-25,36,44H,7,20-23H2,1-6H3. The number of methoxy groups -OCH3 is 3. The van der Waals surface area contributed by atoms with Gasteiger partial charge in [-0.3, -0.25) is 9.59 Å². The highest BCUT2D eigenvalue weighted by atomic mass is 16.6. The van der Waals surface area contributed by atoms with E-state index in [1.807, 2.05) is 53.4 Å². The van der Waals surface area contributed by atoms with Crippen LogP contribution in [-0.2, 0) is 14.3 Å². The molecule has 0 bridgehead atoms. The number of nitrogens with zero attached hydrogens (tertiary/aromatic N) is 2. The van der Waals surface area contributed by atoms with Crippen molar-refractivity contribution in [3.8, 4) is 39.9 Å². The Bertz CT molecular complexity index is 1910. The Hall–Kier alpha value is -5.71. The van der Waals surface area contributed by atoms with Gasteiger partial charge in [0.25, 0.3) is 5.91 Å². The number of likely N-dealkylation sites (tertiary alicyclic amines) is 1. The molecule has 0 radical (unpaired) electrons. The van der Waals surface area contributed by atoms with Crippen LogP contribution in [0.25, 0.3) is 11.1 Å². The van der Waals surface area contributed by atoms with E-state index in [9.17, 15) is 19.5 Å². The number of piperidine rings is 1. The highest BCUT2D eigenvalue weighted by Gasteiger charge is 2.62. The van der Waals surface area contributed by atoms with Crippen molar-refractivity contribution < 1.29 is 43.2 Å². The van der Waals surface area contributed by atoms with Gasteiger partial charge in [-0.1, -0.05) is 36.4 Å². The molecule has 2 heterocycles. The van der Waals surface area contributed by atoms with E-state index in [-0.39, 0.29) is 30.2 Å². The van der Waals surface area contributed by atoms with E-state index in [0.29, 0.717) is 60.2 Å². The summed E-state index contributed by atoms with van der Waals surface area (Å²) in [6.07, 6.45) is 0.940. The lowest BCUT2D eigenvalue weighted by Crippen LogP contribution is -2.67. The molecule has 0 aliphatic carbocycles. The molecule has 4 aromatic carbocycles. The summed E-state index contributed by atoms with van der Waals surface area (Å²) in [5, 5.41) is 9.76. The number of phenols is 1. The molecular formula is C41H44N2O9. The summed E-state index contributed by atoms with van der Waals surface area (Å²) in [4.78, 5) is 44.2. The van der Waals surface area contributed by atoms with Gasteiger partial charge in [0.1, 0.15) is 11.5 Å². The number of β-lactam (4-membered cyclic amide) rings is 1. The number of ether oxygens (including phenoxy) is 5. The van der Waals surface area contributed by atoms with Crippen LogP contribution >= 0.6 is 0 Å². The number of hydrogen-bond donors (Lipinski definition) is 1. The highest BCUT2D eigenvalue weighted by molar-refractivity contribution is 6.06. The van der Waals surface area contributed by atoms with Crippen LogP contribution in [0.5, 0.6) is 28.7 Å². The van der Waals surface area contributed by atoms with Crippen LogP contribution in [0.4, 0.5) is 5.69 Å². The van der Waals surface area contributed by atoms with Crippen molar-refractivity contribution in [3.05, 3.63) is 96.1 Å². The zero-order valence-corrected chi connectivity index (χ0v) is 30.3. The number of amides is 2. The Balaban J connectivity index is 1.28. The van der Waals surface area contributed by atoms with Crippen LogP contribution in [0.3, 0.4) is 0 Å². The van der Waals surface area contributed by atoms with Crippen molar-refractivity contribution in [2.45, 2.75) is 45.3 Å². The number of phenolic OH excluding ortho intramolecular Hbond substituents is 1. The fourth-order valence-corrected chi connectivity index (χ4v) is 7.20. The van der Waals surface area contributed by atoms with Crippen molar-refractivity contribution >= 4 is 23.5 Å². The molecule has 272 valence electrons. The van der Waals surface area contributed by atoms with Crippen LogP contribution in [0, 0.1) is 5.41 Å². The maximum atomic E-state index is 14.4. The third-order valence-electron chi connectivity index (χ3n) is 9.96. The van der Waals surface area contributed by atoms with Crippen LogP contribution in [0.2, 0.25) is 0 Å². The number of esters is 1. The van der Waals surface area contributed by atoms with E-state index in [1.54, 1.807) is 62.1 Å². The van der Waals surface area contributed by atoms with Crippen molar-refractivity contribution in [1.29, 1.82) is 0 Å². The fraction of sp³-hybridized carbons (Fsp3) is 0.341. The van der Waals surface area contributed by atoms with Gasteiger partial charge in [0.15, 0.2) is 17.1 Å². The molecule has 1 N–H and O–H groups in total. The quantitative estimate of drug-likeness (QED) is 0.132. The zero-order chi connectivity index (χ0) is 37.2. The van der Waals surface area contributed by atoms with E-state index in [2.05, 4.69) is 0 Å². The second-order valence-electron chi connectivity index (χ2n) is 13.4. The number of anilines is 1. The lowest BCUT2D eigenvalue weighted by Gasteiger charge is -2.59. The number of aromatic hydroxyl groups is 1. The maximum absolute atomic E-state index is 14.4. The number of carbonyl (C=O) groups excluding carboxylic acids is 3. The normalized spacial score (nSPS) is 16.6. The average Bonchev–Trinajstić information content (AvgIpc) is 3.16. The minimum atomic E-state index is -1.19. The fourth-order valence-electron chi connectivity index (χ4n) is 7.20. The minimum absolute atomic E-state index is 0.0134. The summed E-state index contributed by atoms with van der Waals surface area (Å²) in [5.74, 6) is 1.18. The van der Waals surface area contributed by atoms with Gasteiger partial charge in [-0.25, -0.2) is 4.79 Å². The summed E-state index contributed by atoms with van der Waals surface area (Å²) in [6, 6.07) is 25.3. The summed E-state index contributed by atoms with van der Waals surface area (Å²) in [6.45, 7) is 6.06. The predicted octanol–water partition coefficient (Wildman–Crippen LogP) is 6.82. The Morgan fingerprint density at radius 3 is 1.90 bits per heavy atom. The van der Waals surface area contributed by atoms with E-state index < -0.39 is 17.0 Å². The maximum Gasteiger partial charge on any atom is 0.349 e. The lowest BCUT2D eigenvalue weighted by molar-refractivity contribution is -0.158. The molecule has 2 aliphatic rings. The molecule has 0 saturated carbocycles. The van der Waals surface area contributed by atoms with Crippen molar-refractivity contribution in [2.24, 2.45) is 5.41 Å². The van der Waals surface area contributed by atoms with E-state index in [4.69, 9.17) is 23.7 Å². The molecule has 2 aliphatic heterocycles. The third-order valence-corrected chi connectivity index (χ3v) is 9.96. The van der Waals surface area contributed by atoms with Crippen LogP contribution in [0.1, 0.15) is 55.6 Å². The van der Waals surface area contributed by atoms with Crippen LogP contribution < -0.4 is 23.8 Å². The Morgan fingerprint density at radius 2 is 1.38 bits per heavy atom. The monoisotopic (exact) mass is 708 g/mol. The Kier molecular flexibility index (Phi) is 10.1. The molecule has 2 saturated heterocycles. The molecule has 1 atom stereocenters. The summed E-state index contributed by atoms with van der Waals surface area (Å²) in [5.41, 5.74) is 2.08. The Morgan fingerprint density at radius 1 is 0.827 bits per heavy atom. The molecule has 2 fully saturated rings. The van der Waals surface area contributed by atoms with Gasteiger partial charge in [-0.15, -0.1) is 0 Å². The molecule has 11 heteroatoms. The zero-order valence-electron chi connectivity index (χ0n) is 30.3. The summed E-state index contributed by atoms with van der Waals surface area (Å²) < 4.78 is 27.5. The van der Waals surface area contributed by atoms with Gasteiger partial charge in [0.2, 0.25) is 11.7 Å². The topological polar surface area (TPSA) is 124 Å². The second kappa shape index (κ2) is 14.5. The Labute approximate surface area is 303 Å². The number of hydrogen-bond acceptors (Lipinski definition) is 9. The number of rotatable bonds is 11. The van der Waals surface area contributed by atoms with Crippen molar-refractivity contribution in [1.82, 2.24) is 4.90 Å². The lowest BCUT2D eigenvalue weighted by atomic mass is 9.62. The molecule has 1 unspecified atom stereocenters. The van der Waals surface area contributed by atoms with E-state index >= 15 is 0 Å². The smallest absolute Gasteiger partial charge is 0.349 e. The summed E-state index contributed by atoms with van der Waals surface area (Å²) in [7, 11) is 4.52. The molecule has 2 amide bonds. The molecule has 4 aromatic rings. The van der Waals surface area contributed by atoms with Gasteiger partial charge in [-0.2, -0.15) is 0 Å². The largest absolute Gasteiger partial charge is 0.508 e. The van der Waals surface area contributed by atoms with Crippen molar-refractivity contribution in [3.63, 3.8) is 0 Å². The van der Waals surface area contributed by atoms with Gasteiger partial charge < -0.3 is 38.6 Å². The average molecular weight is 709 g/mol. The first-order valence-electron chi connectivity index (χ1n) is 17.2. The van der Waals surface area contributed by atoms with Crippen molar-refractivity contribution in [2.75, 3.05) is 45.9 Å². The SMILES string of the molecule is CCOC(=O)C(C)(C)Oc1ccc(N2C(=O)C3(CCN(C(=O)c4cc(OC)c(OC)c(OC)c4)CC3)C2c2ccc(-c3ccc(O)cc3)cc2)cc1. The number of carbonyl (C=O) groups is 3. The van der Waals surface area contributed by atoms with E-state index in [1.165, 1.54) is 21.3 Å². The minimum Gasteiger partial charge on any atom is -0.508 e. The molecule has 1 spiro atoms. The highest BCUT2D eigenvalue weighted by Crippen LogP contribution is 2.58. The molecular weight excluding hydrogens is 664 g/mol. The summed E-state index contributed by atoms with van der Waals surface area (Å²) >= 11 is 0. The first kappa shape index (κ1) is 36.1. The van der Waals surface area contributed by atoms with E-state index in [0.717, 1.165) is 16.7 Å². The second-order valence-corrected chi connectivity index (χ2v) is 13.4.